The summed E-state index contributed by atoms with van der Waals surface area (Å²) in [6, 6.07) is 10.2. The van der Waals surface area contributed by atoms with E-state index in [9.17, 15) is 9.18 Å². The number of rotatable bonds is 6. The molecule has 1 unspecified atom stereocenters. The van der Waals surface area contributed by atoms with E-state index in [1.54, 1.807) is 62.3 Å². The van der Waals surface area contributed by atoms with Gasteiger partial charge in [-0.15, -0.1) is 11.8 Å². The highest BCUT2D eigenvalue weighted by atomic mass is 32.2. The molecule has 2 aromatic carbocycles. The Kier molecular flexibility index (Phi) is 6.11. The van der Waals surface area contributed by atoms with E-state index in [4.69, 9.17) is 14.2 Å². The predicted molar refractivity (Wildman–Crippen MR) is 103 cm³/mol. The van der Waals surface area contributed by atoms with Gasteiger partial charge in [0.05, 0.1) is 21.3 Å². The first-order valence-electron chi connectivity index (χ1n) is 8.54. The van der Waals surface area contributed by atoms with Crippen LogP contribution in [0.1, 0.15) is 22.9 Å². The van der Waals surface area contributed by atoms with Crippen LogP contribution in [0.2, 0.25) is 0 Å². The molecule has 1 atom stereocenters. The third-order valence-electron chi connectivity index (χ3n) is 4.49. The monoisotopic (exact) mass is 391 g/mol. The van der Waals surface area contributed by atoms with Crippen LogP contribution in [0.25, 0.3) is 0 Å². The molecular formula is C20H22FNO4S. The quantitative estimate of drug-likeness (QED) is 0.745. The van der Waals surface area contributed by atoms with E-state index >= 15 is 0 Å². The Hall–Kier alpha value is -2.41. The van der Waals surface area contributed by atoms with Crippen LogP contribution < -0.4 is 14.2 Å². The minimum Gasteiger partial charge on any atom is -0.493 e. The molecule has 7 heteroatoms. The van der Waals surface area contributed by atoms with Crippen molar-refractivity contribution in [3.8, 4) is 17.2 Å². The first kappa shape index (κ1) is 19.4. The zero-order valence-corrected chi connectivity index (χ0v) is 16.3. The number of benzene rings is 2. The van der Waals surface area contributed by atoms with Crippen LogP contribution >= 0.6 is 11.8 Å². The van der Waals surface area contributed by atoms with Crippen molar-refractivity contribution in [3.05, 3.63) is 53.3 Å². The summed E-state index contributed by atoms with van der Waals surface area (Å²) in [5, 5.41) is -0.305. The molecule has 0 aliphatic carbocycles. The number of methoxy groups -OCH3 is 3. The number of hydrogen-bond donors (Lipinski definition) is 0. The first-order chi connectivity index (χ1) is 13.1. The number of thioether (sulfide) groups is 1. The molecule has 27 heavy (non-hydrogen) atoms. The molecule has 0 aromatic heterocycles. The van der Waals surface area contributed by atoms with Gasteiger partial charge in [-0.25, -0.2) is 4.39 Å². The minimum atomic E-state index is -0.320. The summed E-state index contributed by atoms with van der Waals surface area (Å²) >= 11 is 1.62. The van der Waals surface area contributed by atoms with E-state index in [-0.39, 0.29) is 23.6 Å². The smallest absolute Gasteiger partial charge is 0.224 e. The van der Waals surface area contributed by atoms with Gasteiger partial charge in [-0.2, -0.15) is 0 Å². The summed E-state index contributed by atoms with van der Waals surface area (Å²) in [5.74, 6) is 1.89. The fourth-order valence-corrected chi connectivity index (χ4v) is 4.43. The lowest BCUT2D eigenvalue weighted by Crippen LogP contribution is -2.37. The molecule has 3 rings (SSSR count). The van der Waals surface area contributed by atoms with Gasteiger partial charge in [0, 0.05) is 29.8 Å². The number of hydrogen-bond acceptors (Lipinski definition) is 5. The fourth-order valence-electron chi connectivity index (χ4n) is 3.18. The lowest BCUT2D eigenvalue weighted by molar-refractivity contribution is -0.132. The van der Waals surface area contributed by atoms with Gasteiger partial charge in [0.1, 0.15) is 11.2 Å². The average molecular weight is 391 g/mol. The van der Waals surface area contributed by atoms with E-state index in [0.717, 1.165) is 5.56 Å². The van der Waals surface area contributed by atoms with Crippen LogP contribution in [0.5, 0.6) is 17.2 Å². The second-order valence-electron chi connectivity index (χ2n) is 6.01. The molecule has 144 valence electrons. The lowest BCUT2D eigenvalue weighted by Gasteiger charge is -2.36. The van der Waals surface area contributed by atoms with Crippen molar-refractivity contribution in [3.63, 3.8) is 0 Å². The van der Waals surface area contributed by atoms with Crippen LogP contribution in [-0.4, -0.2) is 37.9 Å². The molecule has 0 radical (unpaired) electrons. The van der Waals surface area contributed by atoms with Gasteiger partial charge in [-0.05, 0) is 18.2 Å². The average Bonchev–Trinajstić information content (AvgIpc) is 2.69. The van der Waals surface area contributed by atoms with Gasteiger partial charge in [0.25, 0.3) is 0 Å². The van der Waals surface area contributed by atoms with E-state index in [0.29, 0.717) is 35.0 Å². The molecule has 1 aliphatic heterocycles. The molecular weight excluding hydrogens is 369 g/mol. The van der Waals surface area contributed by atoms with Crippen LogP contribution in [0.15, 0.2) is 36.4 Å². The standard InChI is InChI=1S/C20H22FNO4S/c1-24-16-9-8-14(18(25-2)19(16)26-3)20-22(17(23)10-11-27-20)12-13-6-4-5-7-15(13)21/h4-9,20H,10-12H2,1-3H3. The Morgan fingerprint density at radius 3 is 2.48 bits per heavy atom. The Morgan fingerprint density at radius 2 is 1.81 bits per heavy atom. The van der Waals surface area contributed by atoms with Crippen LogP contribution in [0, 0.1) is 5.82 Å². The van der Waals surface area contributed by atoms with Gasteiger partial charge in [-0.3, -0.25) is 4.79 Å². The topological polar surface area (TPSA) is 48.0 Å². The summed E-state index contributed by atoms with van der Waals surface area (Å²) in [6.07, 6.45) is 0.422. The summed E-state index contributed by atoms with van der Waals surface area (Å²) in [6.45, 7) is 0.195. The zero-order valence-electron chi connectivity index (χ0n) is 15.5. The third kappa shape index (κ3) is 3.83. The van der Waals surface area contributed by atoms with Crippen LogP contribution in [0.4, 0.5) is 4.39 Å². The Morgan fingerprint density at radius 1 is 1.07 bits per heavy atom. The summed E-state index contributed by atoms with van der Waals surface area (Å²) < 4.78 is 30.6. The number of ether oxygens (including phenoxy) is 3. The van der Waals surface area contributed by atoms with Crippen molar-refractivity contribution in [2.75, 3.05) is 27.1 Å². The number of halogens is 1. The van der Waals surface area contributed by atoms with E-state index in [1.807, 2.05) is 6.07 Å². The summed E-state index contributed by atoms with van der Waals surface area (Å²) in [5.41, 5.74) is 1.28. The lowest BCUT2D eigenvalue weighted by atomic mass is 10.1. The van der Waals surface area contributed by atoms with E-state index in [2.05, 4.69) is 0 Å². The highest BCUT2D eigenvalue weighted by Gasteiger charge is 2.34. The van der Waals surface area contributed by atoms with E-state index < -0.39 is 0 Å². The van der Waals surface area contributed by atoms with Gasteiger partial charge >= 0.3 is 0 Å². The second-order valence-corrected chi connectivity index (χ2v) is 7.20. The molecule has 0 saturated carbocycles. The molecule has 0 N–H and O–H groups in total. The normalized spacial score (nSPS) is 17.0. The molecule has 5 nitrogen and oxygen atoms in total. The molecule has 1 aliphatic rings. The molecule has 1 heterocycles. The highest BCUT2D eigenvalue weighted by Crippen LogP contribution is 2.48. The van der Waals surface area contributed by atoms with E-state index in [1.165, 1.54) is 6.07 Å². The molecule has 0 bridgehead atoms. The Labute approximate surface area is 162 Å². The molecule has 0 spiro atoms. The molecule has 1 amide bonds. The largest absolute Gasteiger partial charge is 0.493 e. The fraction of sp³-hybridized carbons (Fsp3) is 0.350. The maximum absolute atomic E-state index is 14.2. The van der Waals surface area contributed by atoms with Crippen molar-refractivity contribution in [2.45, 2.75) is 18.3 Å². The number of carbonyl (C=O) groups excluding carboxylic acids is 1. The van der Waals surface area contributed by atoms with Gasteiger partial charge < -0.3 is 19.1 Å². The minimum absolute atomic E-state index is 0.0150. The van der Waals surface area contributed by atoms with Crippen LogP contribution in [0.3, 0.4) is 0 Å². The van der Waals surface area contributed by atoms with Gasteiger partial charge in [0.15, 0.2) is 11.5 Å². The SMILES string of the molecule is COc1ccc(C2SCCC(=O)N2Cc2ccccc2F)c(OC)c1OC. The molecule has 1 fully saturated rings. The van der Waals surface area contributed by atoms with Gasteiger partial charge in [-0.1, -0.05) is 18.2 Å². The maximum atomic E-state index is 14.2. The second kappa shape index (κ2) is 8.52. The Balaban J connectivity index is 2.02. The predicted octanol–water partition coefficient (Wildman–Crippen LogP) is 4.02. The third-order valence-corrected chi connectivity index (χ3v) is 5.76. The maximum Gasteiger partial charge on any atom is 0.224 e. The summed E-state index contributed by atoms with van der Waals surface area (Å²) in [4.78, 5) is 14.4. The summed E-state index contributed by atoms with van der Waals surface area (Å²) in [7, 11) is 4.65. The molecule has 2 aromatic rings. The van der Waals surface area contributed by atoms with Gasteiger partial charge in [0.2, 0.25) is 11.7 Å². The molecule has 1 saturated heterocycles. The van der Waals surface area contributed by atoms with Crippen molar-refractivity contribution in [1.29, 1.82) is 0 Å². The zero-order chi connectivity index (χ0) is 19.4. The number of amides is 1. The van der Waals surface area contributed by atoms with Crippen LogP contribution in [-0.2, 0) is 11.3 Å². The highest BCUT2D eigenvalue weighted by molar-refractivity contribution is 7.99. The first-order valence-corrected chi connectivity index (χ1v) is 9.59. The van der Waals surface area contributed by atoms with Crippen molar-refractivity contribution in [1.82, 2.24) is 4.90 Å². The Bertz CT molecular complexity index is 830. The number of carbonyl (C=O) groups is 1. The van der Waals surface area contributed by atoms with Crippen molar-refractivity contribution < 1.29 is 23.4 Å². The van der Waals surface area contributed by atoms with Crippen molar-refractivity contribution >= 4 is 17.7 Å². The van der Waals surface area contributed by atoms with Crippen molar-refractivity contribution in [2.24, 2.45) is 0 Å². The number of nitrogens with zero attached hydrogens (tertiary/aromatic N) is 1.